The zero-order valence-electron chi connectivity index (χ0n) is 10.8. The molecule has 0 aliphatic rings. The summed E-state index contributed by atoms with van der Waals surface area (Å²) < 4.78 is 15.1. The van der Waals surface area contributed by atoms with E-state index < -0.39 is 5.82 Å². The number of imidazole rings is 1. The second-order valence-electron chi connectivity index (χ2n) is 4.51. The monoisotopic (exact) mass is 300 g/mol. The number of hydrogen-bond acceptors (Lipinski definition) is 3. The molecule has 0 radical (unpaired) electrons. The number of nitriles is 1. The summed E-state index contributed by atoms with van der Waals surface area (Å²) in [6.07, 6.45) is 3.64. The molecular weight excluding hydrogens is 291 g/mol. The van der Waals surface area contributed by atoms with E-state index in [2.05, 4.69) is 10.3 Å². The van der Waals surface area contributed by atoms with Crippen LogP contribution in [0, 0.1) is 17.1 Å². The molecule has 0 unspecified atom stereocenters. The molecule has 0 saturated heterocycles. The van der Waals surface area contributed by atoms with E-state index in [4.69, 9.17) is 16.9 Å². The van der Waals surface area contributed by atoms with Crippen LogP contribution in [0.4, 0.5) is 10.1 Å². The molecule has 0 amide bonds. The largest absolute Gasteiger partial charge is 0.379 e. The summed E-state index contributed by atoms with van der Waals surface area (Å²) in [6.45, 7) is 0.468. The number of fused-ring (bicyclic) bond motifs is 1. The lowest BCUT2D eigenvalue weighted by molar-refractivity contribution is 0.624. The fourth-order valence-corrected chi connectivity index (χ4v) is 2.18. The van der Waals surface area contributed by atoms with Gasteiger partial charge in [-0.1, -0.05) is 11.6 Å². The Balaban J connectivity index is 1.78. The molecule has 0 aliphatic carbocycles. The molecule has 0 fully saturated rings. The Labute approximate surface area is 125 Å². The van der Waals surface area contributed by atoms with E-state index in [1.165, 1.54) is 12.1 Å². The van der Waals surface area contributed by atoms with Crippen molar-refractivity contribution >= 4 is 22.9 Å². The average Bonchev–Trinajstić information content (AvgIpc) is 2.88. The molecule has 21 heavy (non-hydrogen) atoms. The van der Waals surface area contributed by atoms with Gasteiger partial charge in [0.15, 0.2) is 0 Å². The van der Waals surface area contributed by atoms with E-state index in [-0.39, 0.29) is 5.56 Å². The number of halogens is 2. The maximum atomic E-state index is 13.2. The van der Waals surface area contributed by atoms with Crippen molar-refractivity contribution < 1.29 is 4.39 Å². The van der Waals surface area contributed by atoms with Crippen molar-refractivity contribution in [1.29, 1.82) is 5.26 Å². The lowest BCUT2D eigenvalue weighted by Crippen LogP contribution is -2.00. The van der Waals surface area contributed by atoms with Gasteiger partial charge in [-0.15, -0.1) is 0 Å². The quantitative estimate of drug-likeness (QED) is 0.804. The van der Waals surface area contributed by atoms with Crippen LogP contribution in [0.3, 0.4) is 0 Å². The summed E-state index contributed by atoms with van der Waals surface area (Å²) in [7, 11) is 0. The molecule has 4 nitrogen and oxygen atoms in total. The Morgan fingerprint density at radius 1 is 1.29 bits per heavy atom. The van der Waals surface area contributed by atoms with Crippen molar-refractivity contribution in [1.82, 2.24) is 9.38 Å². The summed E-state index contributed by atoms with van der Waals surface area (Å²) >= 11 is 5.92. The minimum absolute atomic E-state index is 0.0155. The third-order valence-electron chi connectivity index (χ3n) is 3.03. The molecule has 0 spiro atoms. The minimum atomic E-state index is -0.523. The summed E-state index contributed by atoms with van der Waals surface area (Å²) in [5.74, 6) is -0.523. The smallest absolute Gasteiger partial charge is 0.141 e. The van der Waals surface area contributed by atoms with Crippen LogP contribution in [0.1, 0.15) is 11.3 Å². The first-order valence-corrected chi connectivity index (χ1v) is 6.60. The van der Waals surface area contributed by atoms with Crippen LogP contribution in [0.15, 0.2) is 42.7 Å². The van der Waals surface area contributed by atoms with Gasteiger partial charge in [-0.2, -0.15) is 5.26 Å². The van der Waals surface area contributed by atoms with Crippen molar-refractivity contribution in [2.24, 2.45) is 0 Å². The van der Waals surface area contributed by atoms with Crippen molar-refractivity contribution in [3.63, 3.8) is 0 Å². The standard InChI is InChI=1S/C15H10ClFN4/c16-11-1-4-15-20-13(9-21(15)8-11)7-19-12-2-3-14(17)10(5-12)6-18/h1-5,8-9,19H,7H2. The molecule has 2 heterocycles. The first kappa shape index (κ1) is 13.4. The number of hydrogen-bond donors (Lipinski definition) is 1. The highest BCUT2D eigenvalue weighted by Crippen LogP contribution is 2.16. The molecule has 0 aliphatic heterocycles. The van der Waals surface area contributed by atoms with Gasteiger partial charge in [0.1, 0.15) is 17.5 Å². The van der Waals surface area contributed by atoms with E-state index in [0.29, 0.717) is 17.3 Å². The topological polar surface area (TPSA) is 53.1 Å². The van der Waals surface area contributed by atoms with Gasteiger partial charge in [0.05, 0.1) is 22.8 Å². The molecule has 0 atom stereocenters. The summed E-state index contributed by atoms with van der Waals surface area (Å²) in [6, 6.07) is 9.75. The molecular formula is C15H10ClFN4. The minimum Gasteiger partial charge on any atom is -0.379 e. The summed E-state index contributed by atoms with van der Waals surface area (Å²) in [4.78, 5) is 4.43. The number of pyridine rings is 1. The SMILES string of the molecule is N#Cc1cc(NCc2cn3cc(Cl)ccc3n2)ccc1F. The maximum Gasteiger partial charge on any atom is 0.141 e. The van der Waals surface area contributed by atoms with Gasteiger partial charge < -0.3 is 9.72 Å². The fraction of sp³-hybridized carbons (Fsp3) is 0.0667. The van der Waals surface area contributed by atoms with Gasteiger partial charge in [0.25, 0.3) is 0 Å². The lowest BCUT2D eigenvalue weighted by atomic mass is 10.2. The van der Waals surface area contributed by atoms with Crippen LogP contribution >= 0.6 is 11.6 Å². The molecule has 0 saturated carbocycles. The summed E-state index contributed by atoms with van der Waals surface area (Å²) in [5, 5.41) is 12.6. The van der Waals surface area contributed by atoms with Crippen LogP contribution in [0.2, 0.25) is 5.02 Å². The van der Waals surface area contributed by atoms with Crippen molar-refractivity contribution in [2.75, 3.05) is 5.32 Å². The molecule has 3 rings (SSSR count). The van der Waals surface area contributed by atoms with Crippen LogP contribution in [-0.4, -0.2) is 9.38 Å². The predicted octanol–water partition coefficient (Wildman–Crippen LogP) is 3.61. The zero-order chi connectivity index (χ0) is 14.8. The lowest BCUT2D eigenvalue weighted by Gasteiger charge is -2.04. The Morgan fingerprint density at radius 2 is 2.14 bits per heavy atom. The molecule has 3 aromatic rings. The van der Waals surface area contributed by atoms with Crippen LogP contribution in [-0.2, 0) is 6.54 Å². The van der Waals surface area contributed by atoms with Crippen molar-refractivity contribution in [3.8, 4) is 6.07 Å². The van der Waals surface area contributed by atoms with Gasteiger partial charge >= 0.3 is 0 Å². The molecule has 0 bridgehead atoms. The van der Waals surface area contributed by atoms with Crippen LogP contribution in [0.25, 0.3) is 5.65 Å². The normalized spacial score (nSPS) is 10.5. The van der Waals surface area contributed by atoms with Gasteiger partial charge in [-0.05, 0) is 30.3 Å². The van der Waals surface area contributed by atoms with E-state index in [1.807, 2.05) is 22.7 Å². The highest BCUT2D eigenvalue weighted by atomic mass is 35.5. The van der Waals surface area contributed by atoms with Gasteiger partial charge in [0.2, 0.25) is 0 Å². The van der Waals surface area contributed by atoms with E-state index >= 15 is 0 Å². The van der Waals surface area contributed by atoms with E-state index in [9.17, 15) is 4.39 Å². The van der Waals surface area contributed by atoms with Gasteiger partial charge in [-0.25, -0.2) is 9.37 Å². The molecule has 104 valence electrons. The number of nitrogens with one attached hydrogen (secondary N) is 1. The molecule has 2 aromatic heterocycles. The molecule has 1 N–H and O–H groups in total. The Morgan fingerprint density at radius 3 is 2.95 bits per heavy atom. The first-order valence-electron chi connectivity index (χ1n) is 6.22. The highest BCUT2D eigenvalue weighted by molar-refractivity contribution is 6.30. The Hall–Kier alpha value is -2.58. The van der Waals surface area contributed by atoms with Gasteiger partial charge in [-0.3, -0.25) is 0 Å². The maximum absolute atomic E-state index is 13.2. The first-order chi connectivity index (χ1) is 10.2. The van der Waals surface area contributed by atoms with E-state index in [1.54, 1.807) is 18.3 Å². The highest BCUT2D eigenvalue weighted by Gasteiger charge is 2.05. The van der Waals surface area contributed by atoms with Crippen LogP contribution < -0.4 is 5.32 Å². The second kappa shape index (κ2) is 5.43. The number of anilines is 1. The average molecular weight is 301 g/mol. The molecule has 1 aromatic carbocycles. The van der Waals surface area contributed by atoms with E-state index in [0.717, 1.165) is 11.3 Å². The molecule has 6 heteroatoms. The zero-order valence-corrected chi connectivity index (χ0v) is 11.6. The Bertz CT molecular complexity index is 850. The number of aromatic nitrogens is 2. The predicted molar refractivity (Wildman–Crippen MR) is 78.6 cm³/mol. The Kier molecular flexibility index (Phi) is 3.46. The third kappa shape index (κ3) is 2.81. The summed E-state index contributed by atoms with van der Waals surface area (Å²) in [5.41, 5.74) is 2.30. The second-order valence-corrected chi connectivity index (χ2v) is 4.94. The van der Waals surface area contributed by atoms with Crippen molar-refractivity contribution in [2.45, 2.75) is 6.54 Å². The number of rotatable bonds is 3. The fourth-order valence-electron chi connectivity index (χ4n) is 2.02. The van der Waals surface area contributed by atoms with Crippen molar-refractivity contribution in [3.05, 3.63) is 64.8 Å². The van der Waals surface area contributed by atoms with Gasteiger partial charge in [0, 0.05) is 18.1 Å². The number of benzene rings is 1. The number of nitrogens with zero attached hydrogens (tertiary/aromatic N) is 3. The van der Waals surface area contributed by atoms with Crippen LogP contribution in [0.5, 0.6) is 0 Å². The third-order valence-corrected chi connectivity index (χ3v) is 3.25.